The standard InChI is InChI=1S/C19H28N2O4/c1-6-20-14(4)16(18(15(20)5)19(23)25-7-2)8-9-17(22)21-10-11-24-12-13(21)3/h8-9,13H,6-7,10-12H2,1-5H3/b9-8+. The Morgan fingerprint density at radius 3 is 2.60 bits per heavy atom. The third-order valence-corrected chi connectivity index (χ3v) is 4.67. The second-order valence-electron chi connectivity index (χ2n) is 6.21. The van der Waals surface area contributed by atoms with Gasteiger partial charge < -0.3 is 18.9 Å². The van der Waals surface area contributed by atoms with Crippen LogP contribution in [-0.4, -0.2) is 53.8 Å². The summed E-state index contributed by atoms with van der Waals surface area (Å²) in [7, 11) is 0. The second-order valence-corrected chi connectivity index (χ2v) is 6.21. The van der Waals surface area contributed by atoms with Crippen LogP contribution in [0.4, 0.5) is 0 Å². The molecule has 1 aromatic heterocycles. The first-order valence-corrected chi connectivity index (χ1v) is 8.85. The van der Waals surface area contributed by atoms with E-state index in [0.29, 0.717) is 31.9 Å². The molecule has 0 bridgehead atoms. The van der Waals surface area contributed by atoms with Crippen LogP contribution in [0.1, 0.15) is 48.1 Å². The molecule has 1 aliphatic rings. The highest BCUT2D eigenvalue weighted by atomic mass is 16.5. The van der Waals surface area contributed by atoms with Crippen LogP contribution in [0, 0.1) is 13.8 Å². The molecule has 0 saturated carbocycles. The quantitative estimate of drug-likeness (QED) is 0.606. The van der Waals surface area contributed by atoms with Crippen LogP contribution < -0.4 is 0 Å². The lowest BCUT2D eigenvalue weighted by Crippen LogP contribution is -2.46. The minimum absolute atomic E-state index is 0.0542. The molecule has 6 nitrogen and oxygen atoms in total. The van der Waals surface area contributed by atoms with Gasteiger partial charge in [0.2, 0.25) is 5.91 Å². The van der Waals surface area contributed by atoms with E-state index in [9.17, 15) is 9.59 Å². The fourth-order valence-electron chi connectivity index (χ4n) is 3.35. The molecule has 0 spiro atoms. The summed E-state index contributed by atoms with van der Waals surface area (Å²) in [6.07, 6.45) is 3.29. The van der Waals surface area contributed by atoms with E-state index >= 15 is 0 Å². The van der Waals surface area contributed by atoms with E-state index in [2.05, 4.69) is 4.57 Å². The number of ether oxygens (including phenoxy) is 2. The molecule has 1 atom stereocenters. The van der Waals surface area contributed by atoms with E-state index in [-0.39, 0.29) is 17.9 Å². The maximum Gasteiger partial charge on any atom is 0.340 e. The van der Waals surface area contributed by atoms with Crippen molar-refractivity contribution in [3.8, 4) is 0 Å². The summed E-state index contributed by atoms with van der Waals surface area (Å²) >= 11 is 0. The molecule has 25 heavy (non-hydrogen) atoms. The van der Waals surface area contributed by atoms with Gasteiger partial charge in [0, 0.05) is 36.1 Å². The van der Waals surface area contributed by atoms with Crippen molar-refractivity contribution in [2.24, 2.45) is 0 Å². The van der Waals surface area contributed by atoms with Crippen molar-refractivity contribution in [2.75, 3.05) is 26.4 Å². The summed E-state index contributed by atoms with van der Waals surface area (Å²) in [5, 5.41) is 0. The van der Waals surface area contributed by atoms with Gasteiger partial charge >= 0.3 is 5.97 Å². The number of rotatable bonds is 5. The van der Waals surface area contributed by atoms with Crippen molar-refractivity contribution in [1.82, 2.24) is 9.47 Å². The number of morpholine rings is 1. The molecule has 1 aromatic rings. The Bertz CT molecular complexity index is 675. The topological polar surface area (TPSA) is 60.8 Å². The predicted octanol–water partition coefficient (Wildman–Crippen LogP) is 2.56. The van der Waals surface area contributed by atoms with Gasteiger partial charge in [-0.25, -0.2) is 4.79 Å². The Kier molecular flexibility index (Phi) is 6.42. The van der Waals surface area contributed by atoms with Gasteiger partial charge in [0.25, 0.3) is 0 Å². The van der Waals surface area contributed by atoms with Gasteiger partial charge in [-0.1, -0.05) is 0 Å². The van der Waals surface area contributed by atoms with E-state index in [4.69, 9.17) is 9.47 Å². The number of aromatic nitrogens is 1. The molecule has 1 aliphatic heterocycles. The lowest BCUT2D eigenvalue weighted by Gasteiger charge is -2.32. The Morgan fingerprint density at radius 2 is 2.00 bits per heavy atom. The highest BCUT2D eigenvalue weighted by molar-refractivity contribution is 5.99. The van der Waals surface area contributed by atoms with Crippen molar-refractivity contribution in [2.45, 2.75) is 47.2 Å². The zero-order valence-electron chi connectivity index (χ0n) is 15.8. The number of hydrogen-bond donors (Lipinski definition) is 0. The summed E-state index contributed by atoms with van der Waals surface area (Å²) in [4.78, 5) is 26.7. The van der Waals surface area contributed by atoms with E-state index < -0.39 is 0 Å². The number of esters is 1. The van der Waals surface area contributed by atoms with Crippen LogP contribution in [0.2, 0.25) is 0 Å². The van der Waals surface area contributed by atoms with E-state index in [1.165, 1.54) is 0 Å². The minimum Gasteiger partial charge on any atom is -0.462 e. The molecule has 1 fully saturated rings. The maximum absolute atomic E-state index is 12.5. The van der Waals surface area contributed by atoms with Gasteiger partial charge in [-0.2, -0.15) is 0 Å². The van der Waals surface area contributed by atoms with Crippen LogP contribution >= 0.6 is 0 Å². The summed E-state index contributed by atoms with van der Waals surface area (Å²) in [5.74, 6) is -0.408. The van der Waals surface area contributed by atoms with E-state index in [0.717, 1.165) is 23.5 Å². The Balaban J connectivity index is 2.34. The van der Waals surface area contributed by atoms with Crippen LogP contribution in [-0.2, 0) is 20.8 Å². The first-order valence-electron chi connectivity index (χ1n) is 8.85. The van der Waals surface area contributed by atoms with Gasteiger partial charge in [0.05, 0.1) is 31.4 Å². The molecular weight excluding hydrogens is 320 g/mol. The van der Waals surface area contributed by atoms with E-state index in [1.807, 2.05) is 27.7 Å². The SMILES string of the molecule is CCOC(=O)c1c(/C=C/C(=O)N2CCOCC2C)c(C)n(CC)c1C. The monoisotopic (exact) mass is 348 g/mol. The molecule has 1 saturated heterocycles. The fourth-order valence-corrected chi connectivity index (χ4v) is 3.35. The average Bonchev–Trinajstić information content (AvgIpc) is 2.83. The molecule has 0 N–H and O–H groups in total. The zero-order chi connectivity index (χ0) is 18.6. The minimum atomic E-state index is -0.345. The average molecular weight is 348 g/mol. The van der Waals surface area contributed by atoms with Crippen molar-refractivity contribution in [1.29, 1.82) is 0 Å². The van der Waals surface area contributed by atoms with Gasteiger partial charge in [-0.05, 0) is 40.7 Å². The molecular formula is C19H28N2O4. The zero-order valence-corrected chi connectivity index (χ0v) is 15.8. The van der Waals surface area contributed by atoms with Gasteiger partial charge in [-0.15, -0.1) is 0 Å². The number of carbonyl (C=O) groups excluding carboxylic acids is 2. The molecule has 0 aliphatic carbocycles. The van der Waals surface area contributed by atoms with Crippen molar-refractivity contribution in [3.63, 3.8) is 0 Å². The molecule has 0 radical (unpaired) electrons. The molecule has 1 amide bonds. The lowest BCUT2D eigenvalue weighted by molar-refractivity contribution is -0.133. The highest BCUT2D eigenvalue weighted by Gasteiger charge is 2.24. The molecule has 2 heterocycles. The lowest BCUT2D eigenvalue weighted by atomic mass is 10.1. The first kappa shape index (κ1) is 19.2. The fraction of sp³-hybridized carbons (Fsp3) is 0.579. The first-order chi connectivity index (χ1) is 11.9. The Labute approximate surface area is 149 Å². The Hall–Kier alpha value is -2.08. The van der Waals surface area contributed by atoms with Gasteiger partial charge in [0.15, 0.2) is 0 Å². The number of nitrogens with zero attached hydrogens (tertiary/aromatic N) is 2. The van der Waals surface area contributed by atoms with Crippen LogP contribution in [0.3, 0.4) is 0 Å². The third kappa shape index (κ3) is 3.95. The Morgan fingerprint density at radius 1 is 1.28 bits per heavy atom. The normalized spacial score (nSPS) is 18.0. The van der Waals surface area contributed by atoms with Crippen LogP contribution in [0.25, 0.3) is 6.08 Å². The van der Waals surface area contributed by atoms with Gasteiger partial charge in [-0.3, -0.25) is 4.79 Å². The smallest absolute Gasteiger partial charge is 0.340 e. The summed E-state index contributed by atoms with van der Waals surface area (Å²) in [6, 6.07) is 0.0542. The van der Waals surface area contributed by atoms with Crippen molar-refractivity contribution in [3.05, 3.63) is 28.6 Å². The molecule has 2 rings (SSSR count). The summed E-state index contributed by atoms with van der Waals surface area (Å²) in [6.45, 7) is 12.4. The largest absolute Gasteiger partial charge is 0.462 e. The van der Waals surface area contributed by atoms with Crippen molar-refractivity contribution >= 4 is 18.0 Å². The maximum atomic E-state index is 12.5. The predicted molar refractivity (Wildman–Crippen MR) is 96.6 cm³/mol. The number of hydrogen-bond acceptors (Lipinski definition) is 4. The van der Waals surface area contributed by atoms with Crippen molar-refractivity contribution < 1.29 is 19.1 Å². The number of carbonyl (C=O) groups is 2. The molecule has 138 valence electrons. The second kappa shape index (κ2) is 8.34. The van der Waals surface area contributed by atoms with Crippen LogP contribution in [0.5, 0.6) is 0 Å². The molecule has 1 unspecified atom stereocenters. The summed E-state index contributed by atoms with van der Waals surface area (Å²) in [5.41, 5.74) is 3.12. The van der Waals surface area contributed by atoms with E-state index in [1.54, 1.807) is 24.0 Å². The van der Waals surface area contributed by atoms with Gasteiger partial charge in [0.1, 0.15) is 0 Å². The molecule has 0 aromatic carbocycles. The summed E-state index contributed by atoms with van der Waals surface area (Å²) < 4.78 is 12.6. The highest BCUT2D eigenvalue weighted by Crippen LogP contribution is 2.25. The third-order valence-electron chi connectivity index (χ3n) is 4.67. The van der Waals surface area contributed by atoms with Crippen LogP contribution in [0.15, 0.2) is 6.08 Å². The number of amides is 1. The molecule has 6 heteroatoms.